The number of likely N-dealkylation sites (tertiary alicyclic amines) is 1. The summed E-state index contributed by atoms with van der Waals surface area (Å²) in [5.41, 5.74) is 2.36. The highest BCUT2D eigenvalue weighted by atomic mass is 35.5. The second-order valence-corrected chi connectivity index (χ2v) is 12.7. The third-order valence-corrected chi connectivity index (χ3v) is 8.20. The average molecular weight is 615 g/mol. The lowest BCUT2D eigenvalue weighted by Gasteiger charge is -2.35. The molecule has 2 aromatic carbocycles. The molecule has 0 atom stereocenters. The van der Waals surface area contributed by atoms with Gasteiger partial charge in [0.05, 0.1) is 22.9 Å². The molecule has 0 unspecified atom stereocenters. The molecule has 2 aliphatic heterocycles. The molecule has 12 heteroatoms. The number of benzene rings is 2. The first kappa shape index (κ1) is 30.9. The Hall–Kier alpha value is -3.54. The number of piperidine rings is 1. The summed E-state index contributed by atoms with van der Waals surface area (Å²) in [7, 11) is 0. The molecule has 4 N–H and O–H groups in total. The third-order valence-electron chi connectivity index (χ3n) is 7.92. The third kappa shape index (κ3) is 7.17. The molecule has 43 heavy (non-hydrogen) atoms. The number of carbonyl (C=O) groups excluding carboxylic acids is 1. The number of ether oxygens (including phenoxy) is 1. The highest BCUT2D eigenvalue weighted by Crippen LogP contribution is 2.40. The second-order valence-electron chi connectivity index (χ2n) is 12.3. The molecule has 0 saturated carbocycles. The van der Waals surface area contributed by atoms with Gasteiger partial charge in [0.2, 0.25) is 11.9 Å². The van der Waals surface area contributed by atoms with Gasteiger partial charge in [0, 0.05) is 18.8 Å². The predicted molar refractivity (Wildman–Crippen MR) is 164 cm³/mol. The molecule has 0 aliphatic carbocycles. The zero-order valence-corrected chi connectivity index (χ0v) is 25.4. The number of nitrogens with one attached hydrogen (secondary N) is 3. The summed E-state index contributed by atoms with van der Waals surface area (Å²) in [6.45, 7) is 6.88. The van der Waals surface area contributed by atoms with Crippen molar-refractivity contribution < 1.29 is 23.4 Å². The first-order valence-corrected chi connectivity index (χ1v) is 14.7. The number of hydrogen-bond donors (Lipinski definition) is 4. The summed E-state index contributed by atoms with van der Waals surface area (Å²) in [6, 6.07) is 10.9. The fourth-order valence-electron chi connectivity index (χ4n) is 5.89. The van der Waals surface area contributed by atoms with E-state index in [-0.39, 0.29) is 28.5 Å². The van der Waals surface area contributed by atoms with E-state index in [1.54, 1.807) is 26.0 Å². The van der Waals surface area contributed by atoms with Gasteiger partial charge in [-0.3, -0.25) is 4.79 Å². The summed E-state index contributed by atoms with van der Waals surface area (Å²) >= 11 is 6.39. The molecule has 1 aromatic heterocycles. The van der Waals surface area contributed by atoms with Crippen molar-refractivity contribution in [2.45, 2.75) is 70.6 Å². The van der Waals surface area contributed by atoms with Gasteiger partial charge in [-0.2, -0.15) is 13.8 Å². The highest BCUT2D eigenvalue weighted by molar-refractivity contribution is 6.32. The second kappa shape index (κ2) is 12.2. The van der Waals surface area contributed by atoms with Crippen LogP contribution in [0.15, 0.2) is 42.6 Å². The molecular weight excluding hydrogens is 578 g/mol. The molecule has 0 bridgehead atoms. The maximum atomic E-state index is 13.4. The van der Waals surface area contributed by atoms with Gasteiger partial charge in [-0.05, 0) is 94.4 Å². The molecule has 1 fully saturated rings. The van der Waals surface area contributed by atoms with Gasteiger partial charge < -0.3 is 30.7 Å². The van der Waals surface area contributed by atoms with E-state index >= 15 is 0 Å². The predicted octanol–water partition coefficient (Wildman–Crippen LogP) is 6.27. The highest BCUT2D eigenvalue weighted by Gasteiger charge is 2.40. The summed E-state index contributed by atoms with van der Waals surface area (Å²) in [5.74, 6) is 0.612. The molecule has 230 valence electrons. The van der Waals surface area contributed by atoms with Crippen LogP contribution in [0.2, 0.25) is 5.02 Å². The lowest BCUT2D eigenvalue weighted by molar-refractivity contribution is -0.119. The van der Waals surface area contributed by atoms with Gasteiger partial charge in [-0.15, -0.1) is 0 Å². The Morgan fingerprint density at radius 1 is 1.23 bits per heavy atom. The Balaban J connectivity index is 1.31. The van der Waals surface area contributed by atoms with Crippen molar-refractivity contribution in [2.75, 3.05) is 35.6 Å². The molecule has 5 rings (SSSR count). The van der Waals surface area contributed by atoms with E-state index in [1.807, 2.05) is 38.1 Å². The first-order chi connectivity index (χ1) is 20.3. The van der Waals surface area contributed by atoms with Crippen LogP contribution >= 0.6 is 11.6 Å². The van der Waals surface area contributed by atoms with Crippen LogP contribution in [0.1, 0.15) is 63.1 Å². The zero-order valence-electron chi connectivity index (χ0n) is 24.7. The molecule has 9 nitrogen and oxygen atoms in total. The number of halogens is 3. The number of alkyl halides is 2. The molecule has 3 aromatic rings. The fourth-order valence-corrected chi connectivity index (χ4v) is 6.05. The molecular formula is C31H37ClF2N6O3. The lowest BCUT2D eigenvalue weighted by Crippen LogP contribution is -2.42. The van der Waals surface area contributed by atoms with Crippen molar-refractivity contribution in [1.29, 1.82) is 0 Å². The minimum Gasteiger partial charge on any atom is -0.433 e. The van der Waals surface area contributed by atoms with Crippen LogP contribution in [-0.2, 0) is 16.8 Å². The smallest absolute Gasteiger partial charge is 0.387 e. The minimum atomic E-state index is -3.01. The number of hydrogen-bond acceptors (Lipinski definition) is 8. The Morgan fingerprint density at radius 2 is 1.98 bits per heavy atom. The van der Waals surface area contributed by atoms with Crippen molar-refractivity contribution in [3.8, 4) is 5.75 Å². The minimum absolute atomic E-state index is 0.00118. The van der Waals surface area contributed by atoms with Gasteiger partial charge in [0.25, 0.3) is 0 Å². The van der Waals surface area contributed by atoms with E-state index in [0.717, 1.165) is 48.3 Å². The molecule has 2 aliphatic rings. The fraction of sp³-hybridized carbons (Fsp3) is 0.452. The Bertz CT molecular complexity index is 1490. The molecule has 1 amide bonds. The lowest BCUT2D eigenvalue weighted by atomic mass is 9.83. The van der Waals surface area contributed by atoms with Gasteiger partial charge in [-0.1, -0.05) is 29.8 Å². The van der Waals surface area contributed by atoms with Crippen LogP contribution in [-0.4, -0.2) is 57.7 Å². The largest absolute Gasteiger partial charge is 0.433 e. The number of carbonyl (C=O) groups is 1. The van der Waals surface area contributed by atoms with Gasteiger partial charge in [0.1, 0.15) is 10.8 Å². The van der Waals surface area contributed by atoms with Crippen molar-refractivity contribution in [2.24, 2.45) is 0 Å². The van der Waals surface area contributed by atoms with Gasteiger partial charge >= 0.3 is 6.61 Å². The van der Waals surface area contributed by atoms with Crippen LogP contribution in [0.25, 0.3) is 0 Å². The number of anilines is 4. The van der Waals surface area contributed by atoms with Crippen LogP contribution in [0.5, 0.6) is 5.75 Å². The van der Waals surface area contributed by atoms with Gasteiger partial charge in [-0.25, -0.2) is 4.98 Å². The van der Waals surface area contributed by atoms with Crippen molar-refractivity contribution >= 4 is 40.6 Å². The Kier molecular flexibility index (Phi) is 8.78. The first-order valence-electron chi connectivity index (χ1n) is 14.3. The molecule has 0 spiro atoms. The standard InChI is InChI=1S/C31H37ClF2N6O3/c1-30(2,42)17-40-12-10-18(11-13-40)19-8-9-22(24(14-19)43-28(33)34)38-29-36-16-21(32)26(39-29)35-15-20-6-5-7-23-25(20)31(3,4)27(41)37-23/h5-9,14,16,18,28,42H,10-13,15,17H2,1-4H3,(H,37,41)(H2,35,36,38,39). The number of nitrogens with zero attached hydrogens (tertiary/aromatic N) is 3. The van der Waals surface area contributed by atoms with Crippen LogP contribution in [0, 0.1) is 0 Å². The molecule has 1 saturated heterocycles. The van der Waals surface area contributed by atoms with Crippen LogP contribution in [0.3, 0.4) is 0 Å². The topological polar surface area (TPSA) is 112 Å². The van der Waals surface area contributed by atoms with E-state index in [0.29, 0.717) is 24.6 Å². The van der Waals surface area contributed by atoms with E-state index in [4.69, 9.17) is 16.3 Å². The normalized spacial score (nSPS) is 17.1. The number of fused-ring (bicyclic) bond motifs is 1. The van der Waals surface area contributed by atoms with Crippen LogP contribution in [0.4, 0.5) is 31.9 Å². The Morgan fingerprint density at radius 3 is 2.67 bits per heavy atom. The van der Waals surface area contributed by atoms with E-state index < -0.39 is 17.6 Å². The van der Waals surface area contributed by atoms with Crippen molar-refractivity contribution in [1.82, 2.24) is 14.9 Å². The number of rotatable bonds is 10. The number of amides is 1. The van der Waals surface area contributed by atoms with E-state index in [1.165, 1.54) is 6.20 Å². The zero-order chi connectivity index (χ0) is 30.9. The van der Waals surface area contributed by atoms with Crippen molar-refractivity contribution in [3.05, 3.63) is 64.3 Å². The van der Waals surface area contributed by atoms with E-state index in [9.17, 15) is 18.7 Å². The number of β-amino-alcohol motifs (C(OH)–C–C–N with tert-alkyl or cyclic N) is 1. The summed E-state index contributed by atoms with van der Waals surface area (Å²) in [6.07, 6.45) is 3.11. The van der Waals surface area contributed by atoms with E-state index in [2.05, 4.69) is 30.8 Å². The maximum Gasteiger partial charge on any atom is 0.387 e. The summed E-state index contributed by atoms with van der Waals surface area (Å²) in [5, 5.41) is 19.5. The summed E-state index contributed by atoms with van der Waals surface area (Å²) in [4.78, 5) is 23.4. The quantitative estimate of drug-likeness (QED) is 0.212. The maximum absolute atomic E-state index is 13.4. The summed E-state index contributed by atoms with van der Waals surface area (Å²) < 4.78 is 31.7. The van der Waals surface area contributed by atoms with Crippen molar-refractivity contribution in [3.63, 3.8) is 0 Å². The average Bonchev–Trinajstić information content (AvgIpc) is 3.17. The number of aromatic nitrogens is 2. The SMILES string of the molecule is CC(C)(O)CN1CCC(c2ccc(Nc3ncc(Cl)c(NCc4cccc5c4C(C)(C)C(=O)N5)n3)c(OC(F)F)c2)CC1. The molecule has 3 heterocycles. The van der Waals surface area contributed by atoms with Gasteiger partial charge in [0.15, 0.2) is 5.82 Å². The monoisotopic (exact) mass is 614 g/mol. The number of aliphatic hydroxyl groups is 1. The Labute approximate surface area is 255 Å². The molecule has 0 radical (unpaired) electrons. The van der Waals surface area contributed by atoms with Crippen LogP contribution < -0.4 is 20.7 Å².